The quantitative estimate of drug-likeness (QED) is 0.301. The summed E-state index contributed by atoms with van der Waals surface area (Å²) in [6.07, 6.45) is -1.46. The molecule has 1 heterocycles. The van der Waals surface area contributed by atoms with Crippen molar-refractivity contribution in [3.63, 3.8) is 0 Å². The highest BCUT2D eigenvalue weighted by molar-refractivity contribution is 6.99. The molecule has 1 N–H and O–H groups in total. The summed E-state index contributed by atoms with van der Waals surface area (Å²) in [4.78, 5) is 28.9. The lowest BCUT2D eigenvalue weighted by Gasteiger charge is -2.46. The highest BCUT2D eigenvalue weighted by Gasteiger charge is 2.51. The van der Waals surface area contributed by atoms with Gasteiger partial charge < -0.3 is 19.2 Å². The Balaban J connectivity index is 1.62. The van der Waals surface area contributed by atoms with Crippen molar-refractivity contribution in [3.8, 4) is 0 Å². The Labute approximate surface area is 274 Å². The summed E-state index contributed by atoms with van der Waals surface area (Å²) in [7, 11) is -2.90. The van der Waals surface area contributed by atoms with Gasteiger partial charge in [-0.15, -0.1) is 0 Å². The molecular formula is C37H49FN2O5Si. The van der Waals surface area contributed by atoms with Crippen LogP contribution in [-0.2, 0) is 24.2 Å². The Morgan fingerprint density at radius 1 is 0.913 bits per heavy atom. The van der Waals surface area contributed by atoms with Crippen molar-refractivity contribution in [1.82, 2.24) is 10.2 Å². The number of morpholine rings is 1. The van der Waals surface area contributed by atoms with Crippen LogP contribution in [0.2, 0.25) is 5.04 Å². The SMILES string of the molecule is Cc1cc(F)ccc1C(C)(C)NC(=O)[C@@H]1CN(C(=O)OC(C)(C)C)[C@H](CO[Si](c2ccccc2)(c2ccccc2)C(C)(C)C)CO1. The molecule has 1 aliphatic heterocycles. The van der Waals surface area contributed by atoms with Crippen LogP contribution in [0.1, 0.15) is 66.5 Å². The zero-order valence-corrected chi connectivity index (χ0v) is 29.6. The van der Waals surface area contributed by atoms with Crippen LogP contribution in [0.4, 0.5) is 9.18 Å². The first-order chi connectivity index (χ1) is 21.4. The molecule has 2 amide bonds. The van der Waals surface area contributed by atoms with Gasteiger partial charge in [-0.25, -0.2) is 9.18 Å². The van der Waals surface area contributed by atoms with Crippen LogP contribution in [0, 0.1) is 12.7 Å². The molecule has 0 aromatic heterocycles. The predicted molar refractivity (Wildman–Crippen MR) is 182 cm³/mol. The third-order valence-electron chi connectivity index (χ3n) is 8.42. The number of ether oxygens (including phenoxy) is 2. The largest absolute Gasteiger partial charge is 0.444 e. The minimum atomic E-state index is -2.90. The normalized spacial score (nSPS) is 17.8. The summed E-state index contributed by atoms with van der Waals surface area (Å²) in [5.41, 5.74) is -0.0268. The van der Waals surface area contributed by atoms with Crippen molar-refractivity contribution in [2.24, 2.45) is 0 Å². The molecule has 1 aliphatic rings. The van der Waals surface area contributed by atoms with Crippen LogP contribution in [0.3, 0.4) is 0 Å². The van der Waals surface area contributed by atoms with Gasteiger partial charge >= 0.3 is 6.09 Å². The van der Waals surface area contributed by atoms with Gasteiger partial charge in [-0.2, -0.15) is 0 Å². The standard InChI is InChI=1S/C37H49FN2O5Si/c1-26-22-27(38)20-21-31(26)37(8,9)39-33(41)32-23-40(34(42)45-35(2,3)4)28(24-43-32)25-44-46(36(5,6)7,29-16-12-10-13-17-29)30-18-14-11-15-19-30/h10-22,28,32H,23-25H2,1-9H3,(H,39,41)/t28-,32-/m0/s1. The van der Waals surface area contributed by atoms with Gasteiger partial charge in [0.1, 0.15) is 11.4 Å². The molecule has 46 heavy (non-hydrogen) atoms. The number of halogens is 1. The van der Waals surface area contributed by atoms with Crippen LogP contribution in [-0.4, -0.2) is 62.7 Å². The monoisotopic (exact) mass is 648 g/mol. The lowest BCUT2D eigenvalue weighted by molar-refractivity contribution is -0.144. The van der Waals surface area contributed by atoms with Crippen molar-refractivity contribution in [3.05, 3.63) is 95.8 Å². The minimum Gasteiger partial charge on any atom is -0.444 e. The molecular weight excluding hydrogens is 600 g/mol. The van der Waals surface area contributed by atoms with Gasteiger partial charge in [-0.05, 0) is 80.2 Å². The highest BCUT2D eigenvalue weighted by Crippen LogP contribution is 2.37. The Morgan fingerprint density at radius 3 is 1.98 bits per heavy atom. The second-order valence-corrected chi connectivity index (χ2v) is 19.0. The fourth-order valence-corrected chi connectivity index (χ4v) is 10.9. The van der Waals surface area contributed by atoms with Gasteiger partial charge in [-0.1, -0.05) is 87.5 Å². The van der Waals surface area contributed by atoms with E-state index in [1.54, 1.807) is 11.0 Å². The van der Waals surface area contributed by atoms with Crippen molar-refractivity contribution < 1.29 is 27.9 Å². The number of benzene rings is 3. The van der Waals surface area contributed by atoms with E-state index in [1.807, 2.05) is 77.9 Å². The van der Waals surface area contributed by atoms with E-state index in [9.17, 15) is 14.0 Å². The van der Waals surface area contributed by atoms with E-state index >= 15 is 0 Å². The van der Waals surface area contributed by atoms with Gasteiger partial charge in [-0.3, -0.25) is 9.69 Å². The van der Waals surface area contributed by atoms with Crippen LogP contribution in [0.15, 0.2) is 78.9 Å². The van der Waals surface area contributed by atoms with Crippen LogP contribution < -0.4 is 15.7 Å². The van der Waals surface area contributed by atoms with E-state index in [2.05, 4.69) is 50.4 Å². The first-order valence-corrected chi connectivity index (χ1v) is 17.8. The second-order valence-electron chi connectivity index (χ2n) is 14.7. The van der Waals surface area contributed by atoms with E-state index < -0.39 is 37.7 Å². The number of hydrogen-bond donors (Lipinski definition) is 1. The first kappa shape index (κ1) is 35.3. The number of rotatable bonds is 8. The lowest BCUT2D eigenvalue weighted by Crippen LogP contribution is -2.68. The van der Waals surface area contributed by atoms with E-state index in [4.69, 9.17) is 13.9 Å². The lowest BCUT2D eigenvalue weighted by atomic mass is 9.90. The fourth-order valence-electron chi connectivity index (χ4n) is 6.31. The molecule has 0 unspecified atom stereocenters. The van der Waals surface area contributed by atoms with E-state index in [-0.39, 0.29) is 36.5 Å². The molecule has 3 aromatic carbocycles. The topological polar surface area (TPSA) is 77.1 Å². The maximum atomic E-state index is 13.8. The second kappa shape index (κ2) is 13.7. The molecule has 0 bridgehead atoms. The average molecular weight is 649 g/mol. The minimum absolute atomic E-state index is 0.00595. The zero-order valence-electron chi connectivity index (χ0n) is 28.6. The number of carbonyl (C=O) groups is 2. The highest BCUT2D eigenvalue weighted by atomic mass is 28.4. The molecule has 9 heteroatoms. The number of carbonyl (C=O) groups excluding carboxylic acids is 2. The van der Waals surface area contributed by atoms with Crippen molar-refractivity contribution in [1.29, 1.82) is 0 Å². The zero-order chi connectivity index (χ0) is 33.9. The van der Waals surface area contributed by atoms with Gasteiger partial charge in [0.05, 0.1) is 31.3 Å². The molecule has 0 radical (unpaired) electrons. The number of nitrogens with zero attached hydrogens (tertiary/aromatic N) is 1. The summed E-state index contributed by atoms with van der Waals surface area (Å²) in [6, 6.07) is 24.6. The maximum absolute atomic E-state index is 13.8. The molecule has 1 fully saturated rings. The van der Waals surface area contributed by atoms with Crippen LogP contribution in [0.5, 0.6) is 0 Å². The summed E-state index contributed by atoms with van der Waals surface area (Å²) >= 11 is 0. The molecule has 0 spiro atoms. The number of hydrogen-bond acceptors (Lipinski definition) is 5. The Hall–Kier alpha value is -3.53. The van der Waals surface area contributed by atoms with Gasteiger partial charge in [0.2, 0.25) is 0 Å². The van der Waals surface area contributed by atoms with Crippen LogP contribution >= 0.6 is 0 Å². The Morgan fingerprint density at radius 2 is 1.48 bits per heavy atom. The molecule has 1 saturated heterocycles. The van der Waals surface area contributed by atoms with E-state index in [1.165, 1.54) is 12.1 Å². The molecule has 248 valence electrons. The Kier molecular flexibility index (Phi) is 10.5. The van der Waals surface area contributed by atoms with Crippen molar-refractivity contribution in [2.75, 3.05) is 19.8 Å². The van der Waals surface area contributed by atoms with Crippen molar-refractivity contribution in [2.45, 2.75) is 90.6 Å². The molecule has 0 aliphatic carbocycles. The summed E-state index contributed by atoms with van der Waals surface area (Å²) in [5.74, 6) is -0.702. The summed E-state index contributed by atoms with van der Waals surface area (Å²) < 4.78 is 32.9. The summed E-state index contributed by atoms with van der Waals surface area (Å²) in [5, 5.41) is 5.06. The predicted octanol–water partition coefficient (Wildman–Crippen LogP) is 6.07. The van der Waals surface area contributed by atoms with Gasteiger partial charge in [0.15, 0.2) is 6.10 Å². The molecule has 4 rings (SSSR count). The molecule has 2 atom stereocenters. The van der Waals surface area contributed by atoms with Gasteiger partial charge in [0.25, 0.3) is 14.2 Å². The molecule has 3 aromatic rings. The molecule has 7 nitrogen and oxygen atoms in total. The first-order valence-electron chi connectivity index (χ1n) is 15.9. The van der Waals surface area contributed by atoms with E-state index in [0.717, 1.165) is 21.5 Å². The number of aryl methyl sites for hydroxylation is 1. The van der Waals surface area contributed by atoms with Crippen LogP contribution in [0.25, 0.3) is 0 Å². The number of nitrogens with one attached hydrogen (secondary N) is 1. The number of amides is 2. The third kappa shape index (κ3) is 7.87. The molecule has 0 saturated carbocycles. The maximum Gasteiger partial charge on any atom is 0.410 e. The van der Waals surface area contributed by atoms with Gasteiger partial charge in [0, 0.05) is 0 Å². The summed E-state index contributed by atoms with van der Waals surface area (Å²) in [6.45, 7) is 17.9. The third-order valence-corrected chi connectivity index (χ3v) is 13.4. The Bertz CT molecular complexity index is 1460. The van der Waals surface area contributed by atoms with Crippen molar-refractivity contribution >= 4 is 30.7 Å². The fraction of sp³-hybridized carbons (Fsp3) is 0.459. The average Bonchev–Trinajstić information content (AvgIpc) is 2.96. The van der Waals surface area contributed by atoms with E-state index in [0.29, 0.717) is 0 Å². The smallest absolute Gasteiger partial charge is 0.410 e.